The second-order valence-corrected chi connectivity index (χ2v) is 8.84. The number of rotatable bonds is 10. The number of nitrogens with one attached hydrogen (secondary N) is 1. The quantitative estimate of drug-likeness (QED) is 0.331. The van der Waals surface area contributed by atoms with Crippen molar-refractivity contribution in [1.29, 1.82) is 0 Å². The second-order valence-electron chi connectivity index (χ2n) is 7.63. The highest BCUT2D eigenvalue weighted by molar-refractivity contribution is 7.45. The fraction of sp³-hybridized carbons (Fsp3) is 0.500. The van der Waals surface area contributed by atoms with E-state index >= 15 is 0 Å². The van der Waals surface area contributed by atoms with Crippen molar-refractivity contribution >= 4 is 20.3 Å². The molecule has 2 heterocycles. The molecule has 4 atom stereocenters. The number of nitrogen functional groups attached to an aromatic ring is 1. The summed E-state index contributed by atoms with van der Waals surface area (Å²) < 4.78 is 24.5. The third-order valence-electron chi connectivity index (χ3n) is 4.56. The lowest BCUT2D eigenvalue weighted by Crippen LogP contribution is -2.35. The Morgan fingerprint density at radius 3 is 2.62 bits per heavy atom. The number of benzene rings is 1. The van der Waals surface area contributed by atoms with Crippen LogP contribution in [-0.2, 0) is 18.8 Å². The van der Waals surface area contributed by atoms with Crippen LogP contribution in [0.15, 0.2) is 47.4 Å². The van der Waals surface area contributed by atoms with Crippen LogP contribution in [0.4, 0.5) is 5.82 Å². The highest BCUT2D eigenvalue weighted by Gasteiger charge is 2.30. The van der Waals surface area contributed by atoms with E-state index in [1.165, 1.54) is 4.57 Å². The van der Waals surface area contributed by atoms with Crippen LogP contribution in [0.2, 0.25) is 0 Å². The Kier molecular flexibility index (Phi) is 11.4. The smallest absolute Gasteiger partial charge is 0.351 e. The summed E-state index contributed by atoms with van der Waals surface area (Å²) in [5.74, 6) is 0.393. The average Bonchev–Trinajstić information content (AvgIpc) is 3.27. The van der Waals surface area contributed by atoms with E-state index in [1.807, 2.05) is 18.2 Å². The van der Waals surface area contributed by atoms with Gasteiger partial charge in [0, 0.05) is 13.3 Å². The number of aromatic nitrogens is 2. The predicted molar refractivity (Wildman–Crippen MR) is 128 cm³/mol. The monoisotopic (exact) mass is 496 g/mol. The van der Waals surface area contributed by atoms with Gasteiger partial charge in [0.1, 0.15) is 23.8 Å². The Bertz CT molecular complexity index is 944. The van der Waals surface area contributed by atoms with Crippen molar-refractivity contribution in [3.05, 3.63) is 53.1 Å². The summed E-state index contributed by atoms with van der Waals surface area (Å²) in [6, 6.07) is 10.1. The molecule has 0 saturated carbocycles. The zero-order chi connectivity index (χ0) is 25.1. The van der Waals surface area contributed by atoms with E-state index in [1.54, 1.807) is 45.2 Å². The van der Waals surface area contributed by atoms with Crippen LogP contribution in [0, 0.1) is 0 Å². The van der Waals surface area contributed by atoms with Gasteiger partial charge in [0.25, 0.3) is 0 Å². The van der Waals surface area contributed by atoms with Gasteiger partial charge in [-0.2, -0.15) is 4.98 Å². The topological polar surface area (TPSA) is 147 Å². The normalized spacial score (nSPS) is 19.1. The Morgan fingerprint density at radius 1 is 1.26 bits per heavy atom. The van der Waals surface area contributed by atoms with Gasteiger partial charge in [-0.1, -0.05) is 18.2 Å². The molecule has 0 radical (unpaired) electrons. The highest BCUT2D eigenvalue weighted by atomic mass is 31.2. The molecule has 3 rings (SSSR count). The minimum atomic E-state index is -1.66. The fourth-order valence-corrected chi connectivity index (χ4v) is 4.24. The number of esters is 1. The van der Waals surface area contributed by atoms with Gasteiger partial charge >= 0.3 is 20.2 Å². The van der Waals surface area contributed by atoms with Crippen molar-refractivity contribution in [2.75, 3.05) is 19.5 Å². The summed E-state index contributed by atoms with van der Waals surface area (Å²) in [6.45, 7) is 5.51. The maximum absolute atomic E-state index is 12.2. The Balaban J connectivity index is 0.00000199. The third-order valence-corrected chi connectivity index (χ3v) is 5.92. The minimum Gasteiger partial charge on any atom is -0.462 e. The molecule has 12 heteroatoms. The summed E-state index contributed by atoms with van der Waals surface area (Å²) in [4.78, 5) is 28.0. The summed E-state index contributed by atoms with van der Waals surface area (Å²) in [5, 5.41) is 10.1. The van der Waals surface area contributed by atoms with E-state index in [9.17, 15) is 9.59 Å². The number of nitrogens with zero attached hydrogens (tertiary/aromatic N) is 2. The van der Waals surface area contributed by atoms with Crippen molar-refractivity contribution in [1.82, 2.24) is 14.6 Å². The fourth-order valence-electron chi connectivity index (χ4n) is 3.02. The van der Waals surface area contributed by atoms with Crippen LogP contribution in [0.5, 0.6) is 5.75 Å². The molecule has 0 aliphatic carbocycles. The number of aliphatic hydroxyl groups excluding tert-OH is 1. The molecule has 0 amide bonds. The Labute approximate surface area is 200 Å². The van der Waals surface area contributed by atoms with E-state index in [0.717, 1.165) is 7.11 Å². The summed E-state index contributed by atoms with van der Waals surface area (Å²) in [6.07, 6.45) is 2.02. The number of hydrogen-bond acceptors (Lipinski definition) is 10. The summed E-state index contributed by atoms with van der Waals surface area (Å²) >= 11 is 0. The standard InChI is InChI=1S/C21H29N4O6P.CH4O/c1-14(2)29-20(26)15(3)24-32(31-16-7-5-4-6-8-16)28-13-17-9-10-19(30-17)25-12-11-18(22)23-21(25)27;1-2/h4-8,11-12,14-15,17,19,24H,9-10,13H2,1-3H3,(H2,22,23,27);2H,1H3. The minimum absolute atomic E-state index is 0.170. The molecule has 1 fully saturated rings. The lowest BCUT2D eigenvalue weighted by atomic mass is 10.2. The van der Waals surface area contributed by atoms with E-state index in [-0.39, 0.29) is 30.6 Å². The summed E-state index contributed by atoms with van der Waals surface area (Å²) in [7, 11) is -0.657. The van der Waals surface area contributed by atoms with Gasteiger partial charge < -0.3 is 29.4 Å². The maximum atomic E-state index is 12.2. The first-order valence-electron chi connectivity index (χ1n) is 10.9. The highest BCUT2D eigenvalue weighted by Crippen LogP contribution is 2.38. The van der Waals surface area contributed by atoms with E-state index in [0.29, 0.717) is 18.6 Å². The largest absolute Gasteiger partial charge is 0.462 e. The number of aliphatic hydroxyl groups is 1. The Morgan fingerprint density at radius 2 is 1.97 bits per heavy atom. The van der Waals surface area contributed by atoms with Crippen LogP contribution in [0.25, 0.3) is 0 Å². The van der Waals surface area contributed by atoms with E-state index in [4.69, 9.17) is 29.4 Å². The molecule has 34 heavy (non-hydrogen) atoms. The molecule has 0 spiro atoms. The number of hydrogen-bond donors (Lipinski definition) is 3. The van der Waals surface area contributed by atoms with Gasteiger partial charge in [0.2, 0.25) is 0 Å². The van der Waals surface area contributed by atoms with Crippen LogP contribution >= 0.6 is 8.53 Å². The predicted octanol–water partition coefficient (Wildman–Crippen LogP) is 2.36. The van der Waals surface area contributed by atoms with E-state index < -0.39 is 26.5 Å². The molecule has 188 valence electrons. The molecule has 1 aliphatic heterocycles. The SMILES string of the molecule is CC(C)OC(=O)C(C)NP(OCC1CCC(n2ccc(N)nc2=O)O1)Oc1ccccc1.CO. The third kappa shape index (κ3) is 8.66. The van der Waals surface area contributed by atoms with Gasteiger partial charge in [-0.15, -0.1) is 0 Å². The van der Waals surface area contributed by atoms with Gasteiger partial charge in [-0.25, -0.2) is 9.88 Å². The average molecular weight is 497 g/mol. The molecule has 0 bridgehead atoms. The first-order valence-corrected chi connectivity index (χ1v) is 12.1. The van der Waals surface area contributed by atoms with Crippen molar-refractivity contribution < 1.29 is 28.4 Å². The van der Waals surface area contributed by atoms with Crippen molar-refractivity contribution in [2.45, 2.75) is 58.1 Å². The van der Waals surface area contributed by atoms with Crippen LogP contribution in [-0.4, -0.2) is 52.6 Å². The molecular formula is C22H33N4O7P. The lowest BCUT2D eigenvalue weighted by Gasteiger charge is -2.23. The first-order chi connectivity index (χ1) is 16.3. The lowest BCUT2D eigenvalue weighted by molar-refractivity contribution is -0.149. The molecule has 4 N–H and O–H groups in total. The number of nitrogens with two attached hydrogens (primary N) is 1. The Hall–Kier alpha value is -2.56. The zero-order valence-electron chi connectivity index (χ0n) is 19.8. The number of ether oxygens (including phenoxy) is 2. The molecule has 2 aromatic rings. The summed E-state index contributed by atoms with van der Waals surface area (Å²) in [5.41, 5.74) is 5.09. The van der Waals surface area contributed by atoms with Gasteiger partial charge in [-0.3, -0.25) is 9.36 Å². The second kappa shape index (κ2) is 14.0. The van der Waals surface area contributed by atoms with Gasteiger partial charge in [0.15, 0.2) is 0 Å². The molecular weight excluding hydrogens is 463 g/mol. The first kappa shape index (κ1) is 27.7. The number of carbonyl (C=O) groups is 1. The number of carbonyl (C=O) groups excluding carboxylic acids is 1. The van der Waals surface area contributed by atoms with Gasteiger partial charge in [0.05, 0.1) is 18.8 Å². The van der Waals surface area contributed by atoms with Crippen molar-refractivity contribution in [3.8, 4) is 5.75 Å². The molecule has 4 unspecified atom stereocenters. The molecule has 1 saturated heterocycles. The zero-order valence-corrected chi connectivity index (χ0v) is 20.7. The van der Waals surface area contributed by atoms with Crippen molar-refractivity contribution in [2.24, 2.45) is 0 Å². The van der Waals surface area contributed by atoms with Crippen molar-refractivity contribution in [3.63, 3.8) is 0 Å². The molecule has 1 aliphatic rings. The van der Waals surface area contributed by atoms with Crippen LogP contribution in [0.1, 0.15) is 39.8 Å². The maximum Gasteiger partial charge on any atom is 0.351 e. The number of para-hydroxylation sites is 1. The van der Waals surface area contributed by atoms with E-state index in [2.05, 4.69) is 10.1 Å². The molecule has 1 aromatic heterocycles. The van der Waals surface area contributed by atoms with Gasteiger partial charge in [-0.05, 0) is 51.8 Å². The van der Waals surface area contributed by atoms with Crippen LogP contribution < -0.4 is 21.0 Å². The van der Waals surface area contributed by atoms with Crippen LogP contribution in [0.3, 0.4) is 0 Å². The molecule has 11 nitrogen and oxygen atoms in total. The number of anilines is 1. The molecule has 1 aromatic carbocycles.